The Kier molecular flexibility index (Phi) is 3.74. The van der Waals surface area contributed by atoms with Gasteiger partial charge in [-0.3, -0.25) is 4.79 Å². The Bertz CT molecular complexity index is 412. The maximum Gasteiger partial charge on any atom is 0.250 e. The maximum atomic E-state index is 11.7. The number of fused-ring (bicyclic) bond motifs is 1. The van der Waals surface area contributed by atoms with Crippen molar-refractivity contribution >= 4 is 0 Å². The minimum absolute atomic E-state index is 0.0806. The molecule has 16 heavy (non-hydrogen) atoms. The number of hydrogen-bond acceptors (Lipinski definition) is 3. The van der Waals surface area contributed by atoms with E-state index in [0.717, 1.165) is 19.3 Å². The van der Waals surface area contributed by atoms with Gasteiger partial charge in [-0.25, -0.2) is 0 Å². The second-order valence-corrected chi connectivity index (χ2v) is 4.05. The van der Waals surface area contributed by atoms with E-state index >= 15 is 0 Å². The summed E-state index contributed by atoms with van der Waals surface area (Å²) in [5, 5.41) is 0. The van der Waals surface area contributed by atoms with Crippen LogP contribution in [0, 0.1) is 0 Å². The topological polar surface area (TPSA) is 57.2 Å². The van der Waals surface area contributed by atoms with Crippen molar-refractivity contribution in [1.82, 2.24) is 4.57 Å². The van der Waals surface area contributed by atoms with Gasteiger partial charge in [-0.1, -0.05) is 6.07 Å². The zero-order valence-corrected chi connectivity index (χ0v) is 9.45. The molecular formula is C12H18N2O2. The molecule has 0 fully saturated rings. The highest BCUT2D eigenvalue weighted by atomic mass is 16.5. The molecule has 4 heteroatoms. The molecule has 2 N–H and O–H groups in total. The summed E-state index contributed by atoms with van der Waals surface area (Å²) in [6.45, 7) is 2.29. The van der Waals surface area contributed by atoms with Crippen molar-refractivity contribution in [2.24, 2.45) is 5.73 Å². The Labute approximate surface area is 95.0 Å². The minimum atomic E-state index is 0.0806. The normalized spacial score (nSPS) is 14.1. The molecule has 0 amide bonds. The lowest BCUT2D eigenvalue weighted by Gasteiger charge is -2.11. The zero-order chi connectivity index (χ0) is 11.4. The van der Waals surface area contributed by atoms with Crippen molar-refractivity contribution in [1.29, 1.82) is 0 Å². The molecule has 1 aromatic rings. The molecule has 0 unspecified atom stereocenters. The van der Waals surface area contributed by atoms with E-state index in [1.54, 1.807) is 6.07 Å². The second-order valence-electron chi connectivity index (χ2n) is 4.05. The summed E-state index contributed by atoms with van der Waals surface area (Å²) in [5.41, 5.74) is 7.93. The van der Waals surface area contributed by atoms with E-state index < -0.39 is 0 Å². The van der Waals surface area contributed by atoms with Gasteiger partial charge in [0.05, 0.1) is 13.2 Å². The van der Waals surface area contributed by atoms with Crippen LogP contribution in [0.15, 0.2) is 16.9 Å². The Hall–Kier alpha value is -1.13. The van der Waals surface area contributed by atoms with Crippen LogP contribution in [-0.4, -0.2) is 24.3 Å². The maximum absolute atomic E-state index is 11.7. The Balaban J connectivity index is 2.08. The number of ether oxygens (including phenoxy) is 1. The summed E-state index contributed by atoms with van der Waals surface area (Å²) in [4.78, 5) is 11.7. The van der Waals surface area contributed by atoms with Crippen LogP contribution in [0.2, 0.25) is 0 Å². The van der Waals surface area contributed by atoms with Crippen molar-refractivity contribution in [2.45, 2.75) is 25.8 Å². The first-order chi connectivity index (χ1) is 7.83. The van der Waals surface area contributed by atoms with Crippen molar-refractivity contribution in [3.63, 3.8) is 0 Å². The molecular weight excluding hydrogens is 204 g/mol. The van der Waals surface area contributed by atoms with E-state index in [0.29, 0.717) is 26.3 Å². The van der Waals surface area contributed by atoms with Crippen LogP contribution in [0.25, 0.3) is 0 Å². The quantitative estimate of drug-likeness (QED) is 0.730. The molecule has 0 bridgehead atoms. The minimum Gasteiger partial charge on any atom is -0.378 e. The summed E-state index contributed by atoms with van der Waals surface area (Å²) >= 11 is 0. The largest absolute Gasteiger partial charge is 0.378 e. The first-order valence-corrected chi connectivity index (χ1v) is 5.82. The van der Waals surface area contributed by atoms with Crippen molar-refractivity contribution in [3.8, 4) is 0 Å². The van der Waals surface area contributed by atoms with Gasteiger partial charge < -0.3 is 15.0 Å². The summed E-state index contributed by atoms with van der Waals surface area (Å²) in [6, 6.07) is 3.62. The number of pyridine rings is 1. The van der Waals surface area contributed by atoms with Gasteiger partial charge in [0.25, 0.3) is 5.56 Å². The standard InChI is InChI=1S/C12H18N2O2/c13-6-8-16-9-7-14-11-3-1-2-10(11)4-5-12(14)15/h4-5H,1-3,6-9,13H2. The van der Waals surface area contributed by atoms with Gasteiger partial charge in [-0.05, 0) is 24.8 Å². The first-order valence-electron chi connectivity index (χ1n) is 5.82. The predicted octanol–water partition coefficient (Wildman–Crippen LogP) is 0.312. The summed E-state index contributed by atoms with van der Waals surface area (Å²) in [6.07, 6.45) is 3.27. The molecule has 0 saturated carbocycles. The molecule has 88 valence electrons. The van der Waals surface area contributed by atoms with Gasteiger partial charge >= 0.3 is 0 Å². The van der Waals surface area contributed by atoms with Gasteiger partial charge in [0.2, 0.25) is 0 Å². The predicted molar refractivity (Wildman–Crippen MR) is 62.6 cm³/mol. The highest BCUT2D eigenvalue weighted by molar-refractivity contribution is 5.25. The second kappa shape index (κ2) is 5.27. The van der Waals surface area contributed by atoms with Crippen LogP contribution in [0.1, 0.15) is 17.7 Å². The Morgan fingerprint density at radius 2 is 2.19 bits per heavy atom. The average Bonchev–Trinajstić information content (AvgIpc) is 2.75. The third-order valence-corrected chi connectivity index (χ3v) is 2.97. The summed E-state index contributed by atoms with van der Waals surface area (Å²) in [7, 11) is 0. The molecule has 0 saturated heterocycles. The van der Waals surface area contributed by atoms with Crippen molar-refractivity contribution in [2.75, 3.05) is 19.8 Å². The van der Waals surface area contributed by atoms with E-state index in [1.165, 1.54) is 11.3 Å². The smallest absolute Gasteiger partial charge is 0.250 e. The summed E-state index contributed by atoms with van der Waals surface area (Å²) in [5.74, 6) is 0. The lowest BCUT2D eigenvalue weighted by molar-refractivity contribution is 0.132. The number of aromatic nitrogens is 1. The molecule has 0 aromatic carbocycles. The van der Waals surface area contributed by atoms with Crippen LogP contribution in [-0.2, 0) is 24.1 Å². The molecule has 1 aliphatic rings. The molecule has 4 nitrogen and oxygen atoms in total. The fourth-order valence-electron chi connectivity index (χ4n) is 2.22. The van der Waals surface area contributed by atoms with Crippen LogP contribution >= 0.6 is 0 Å². The Morgan fingerprint density at radius 1 is 1.31 bits per heavy atom. The van der Waals surface area contributed by atoms with E-state index in [9.17, 15) is 4.79 Å². The van der Waals surface area contributed by atoms with E-state index in [1.807, 2.05) is 10.6 Å². The number of nitrogens with two attached hydrogens (primary N) is 1. The van der Waals surface area contributed by atoms with Crippen molar-refractivity contribution in [3.05, 3.63) is 33.7 Å². The fourth-order valence-corrected chi connectivity index (χ4v) is 2.22. The lowest BCUT2D eigenvalue weighted by Crippen LogP contribution is -2.25. The third kappa shape index (κ3) is 2.33. The fraction of sp³-hybridized carbons (Fsp3) is 0.583. The highest BCUT2D eigenvalue weighted by Crippen LogP contribution is 2.19. The zero-order valence-electron chi connectivity index (χ0n) is 9.45. The van der Waals surface area contributed by atoms with Gasteiger partial charge in [0, 0.05) is 24.8 Å². The van der Waals surface area contributed by atoms with E-state index in [4.69, 9.17) is 10.5 Å². The summed E-state index contributed by atoms with van der Waals surface area (Å²) < 4.78 is 7.16. The van der Waals surface area contributed by atoms with Crippen LogP contribution < -0.4 is 11.3 Å². The van der Waals surface area contributed by atoms with Gasteiger partial charge in [0.15, 0.2) is 0 Å². The monoisotopic (exact) mass is 222 g/mol. The molecule has 0 atom stereocenters. The van der Waals surface area contributed by atoms with Gasteiger partial charge in [-0.2, -0.15) is 0 Å². The SMILES string of the molecule is NCCOCCn1c2c(ccc1=O)CCC2. The molecule has 1 heterocycles. The Morgan fingerprint density at radius 3 is 3.00 bits per heavy atom. The van der Waals surface area contributed by atoms with Crippen LogP contribution in [0.4, 0.5) is 0 Å². The number of nitrogens with zero attached hydrogens (tertiary/aromatic N) is 1. The van der Waals surface area contributed by atoms with Gasteiger partial charge in [0.1, 0.15) is 0 Å². The van der Waals surface area contributed by atoms with Crippen molar-refractivity contribution < 1.29 is 4.74 Å². The molecule has 0 spiro atoms. The molecule has 1 aromatic heterocycles. The van der Waals surface area contributed by atoms with E-state index in [-0.39, 0.29) is 5.56 Å². The molecule has 1 aliphatic carbocycles. The number of aryl methyl sites for hydroxylation is 1. The highest BCUT2D eigenvalue weighted by Gasteiger charge is 2.15. The number of hydrogen-bond donors (Lipinski definition) is 1. The van der Waals surface area contributed by atoms with Gasteiger partial charge in [-0.15, -0.1) is 0 Å². The molecule has 2 rings (SSSR count). The first kappa shape index (κ1) is 11.4. The molecule has 0 radical (unpaired) electrons. The third-order valence-electron chi connectivity index (χ3n) is 2.97. The van der Waals surface area contributed by atoms with Crippen LogP contribution in [0.3, 0.4) is 0 Å². The average molecular weight is 222 g/mol. The molecule has 0 aliphatic heterocycles. The van der Waals surface area contributed by atoms with E-state index in [2.05, 4.69) is 0 Å². The number of rotatable bonds is 5. The van der Waals surface area contributed by atoms with Crippen LogP contribution in [0.5, 0.6) is 0 Å². The lowest BCUT2D eigenvalue weighted by atomic mass is 10.2.